The fourth-order valence-electron chi connectivity index (χ4n) is 1.70. The number of benzene rings is 1. The van der Waals surface area contributed by atoms with Crippen molar-refractivity contribution >= 4 is 6.29 Å². The predicted molar refractivity (Wildman–Crippen MR) is 68.2 cm³/mol. The molecule has 2 rings (SSSR count). The second kappa shape index (κ2) is 5.31. The van der Waals surface area contributed by atoms with Crippen molar-refractivity contribution in [3.05, 3.63) is 42.2 Å². The Labute approximate surface area is 105 Å². The maximum atomic E-state index is 10.8. The summed E-state index contributed by atoms with van der Waals surface area (Å²) in [5.41, 5.74) is 2.25. The Morgan fingerprint density at radius 3 is 2.61 bits per heavy atom. The lowest BCUT2D eigenvalue weighted by atomic mass is 10.0. The van der Waals surface area contributed by atoms with Crippen LogP contribution in [0.5, 0.6) is 11.5 Å². The van der Waals surface area contributed by atoms with Gasteiger partial charge in [0, 0.05) is 22.9 Å². The van der Waals surface area contributed by atoms with Crippen LogP contribution in [0.4, 0.5) is 0 Å². The normalized spacial score (nSPS) is 9.89. The lowest BCUT2D eigenvalue weighted by Gasteiger charge is -2.09. The molecular weight excluding hydrogens is 230 g/mol. The number of rotatable bonds is 4. The van der Waals surface area contributed by atoms with E-state index in [0.29, 0.717) is 17.1 Å². The Morgan fingerprint density at radius 1 is 1.11 bits per heavy atom. The van der Waals surface area contributed by atoms with Crippen LogP contribution >= 0.6 is 0 Å². The van der Waals surface area contributed by atoms with Crippen LogP contribution in [-0.2, 0) is 0 Å². The van der Waals surface area contributed by atoms with Crippen molar-refractivity contribution < 1.29 is 14.3 Å². The Kier molecular flexibility index (Phi) is 3.57. The first-order valence-corrected chi connectivity index (χ1v) is 5.41. The molecule has 4 nitrogen and oxygen atoms in total. The third-order valence-electron chi connectivity index (χ3n) is 2.62. The zero-order chi connectivity index (χ0) is 13.0. The number of aromatic nitrogens is 1. The van der Waals surface area contributed by atoms with Gasteiger partial charge in [-0.2, -0.15) is 0 Å². The van der Waals surface area contributed by atoms with Crippen LogP contribution in [0.1, 0.15) is 10.4 Å². The molecule has 92 valence electrons. The quantitative estimate of drug-likeness (QED) is 0.774. The van der Waals surface area contributed by atoms with Crippen LogP contribution in [0.15, 0.2) is 36.7 Å². The minimum absolute atomic E-state index is 0.591. The number of hydrogen-bond donors (Lipinski definition) is 0. The molecule has 0 aliphatic rings. The summed E-state index contributed by atoms with van der Waals surface area (Å²) >= 11 is 0. The zero-order valence-electron chi connectivity index (χ0n) is 10.2. The highest BCUT2D eigenvalue weighted by Crippen LogP contribution is 2.31. The standard InChI is InChI=1S/C14H13NO3/c1-17-12-6-11(7-15-8-12)13-5-10(9-16)3-4-14(13)18-2/h3-9H,1-2H3. The summed E-state index contributed by atoms with van der Waals surface area (Å²) in [7, 11) is 3.17. The van der Waals surface area contributed by atoms with Crippen LogP contribution in [-0.4, -0.2) is 25.5 Å². The van der Waals surface area contributed by atoms with Gasteiger partial charge in [0.2, 0.25) is 0 Å². The van der Waals surface area contributed by atoms with Gasteiger partial charge in [0.15, 0.2) is 0 Å². The van der Waals surface area contributed by atoms with Gasteiger partial charge in [-0.05, 0) is 24.3 Å². The summed E-state index contributed by atoms with van der Waals surface area (Å²) in [6.07, 6.45) is 4.13. The molecule has 0 unspecified atom stereocenters. The van der Waals surface area contributed by atoms with E-state index in [-0.39, 0.29) is 0 Å². The fraction of sp³-hybridized carbons (Fsp3) is 0.143. The number of hydrogen-bond acceptors (Lipinski definition) is 4. The molecule has 0 aliphatic heterocycles. The smallest absolute Gasteiger partial charge is 0.150 e. The van der Waals surface area contributed by atoms with E-state index in [4.69, 9.17) is 9.47 Å². The molecule has 1 aromatic heterocycles. The SMILES string of the molecule is COc1cncc(-c2cc(C=O)ccc2OC)c1. The molecule has 0 radical (unpaired) electrons. The van der Waals surface area contributed by atoms with Crippen molar-refractivity contribution in [1.29, 1.82) is 0 Å². The van der Waals surface area contributed by atoms with Crippen molar-refractivity contribution in [3.63, 3.8) is 0 Å². The van der Waals surface area contributed by atoms with E-state index in [1.165, 1.54) is 0 Å². The second-order valence-corrected chi connectivity index (χ2v) is 3.69. The van der Waals surface area contributed by atoms with Gasteiger partial charge in [-0.15, -0.1) is 0 Å². The van der Waals surface area contributed by atoms with E-state index >= 15 is 0 Å². The molecule has 0 bridgehead atoms. The highest BCUT2D eigenvalue weighted by molar-refractivity contribution is 5.81. The van der Waals surface area contributed by atoms with E-state index < -0.39 is 0 Å². The van der Waals surface area contributed by atoms with Crippen LogP contribution in [0.2, 0.25) is 0 Å². The van der Waals surface area contributed by atoms with E-state index in [1.54, 1.807) is 44.8 Å². The van der Waals surface area contributed by atoms with Gasteiger partial charge < -0.3 is 9.47 Å². The molecule has 0 saturated carbocycles. The number of pyridine rings is 1. The first-order valence-electron chi connectivity index (χ1n) is 5.41. The highest BCUT2D eigenvalue weighted by Gasteiger charge is 2.08. The van der Waals surface area contributed by atoms with Crippen molar-refractivity contribution in [3.8, 4) is 22.6 Å². The van der Waals surface area contributed by atoms with Crippen molar-refractivity contribution in [2.45, 2.75) is 0 Å². The van der Waals surface area contributed by atoms with Crippen LogP contribution in [0, 0.1) is 0 Å². The van der Waals surface area contributed by atoms with Gasteiger partial charge in [-0.3, -0.25) is 9.78 Å². The number of methoxy groups -OCH3 is 2. The topological polar surface area (TPSA) is 48.4 Å². The van der Waals surface area contributed by atoms with Crippen molar-refractivity contribution in [1.82, 2.24) is 4.98 Å². The number of nitrogens with zero attached hydrogens (tertiary/aromatic N) is 1. The molecular formula is C14H13NO3. The molecule has 0 aliphatic carbocycles. The zero-order valence-corrected chi connectivity index (χ0v) is 10.2. The summed E-state index contributed by atoms with van der Waals surface area (Å²) in [5, 5.41) is 0. The third-order valence-corrected chi connectivity index (χ3v) is 2.62. The van der Waals surface area contributed by atoms with E-state index in [0.717, 1.165) is 17.4 Å². The van der Waals surface area contributed by atoms with Gasteiger partial charge in [0.25, 0.3) is 0 Å². The number of carbonyl (C=O) groups is 1. The molecule has 1 heterocycles. The van der Waals surface area contributed by atoms with Crippen molar-refractivity contribution in [2.75, 3.05) is 14.2 Å². The molecule has 0 N–H and O–H groups in total. The molecule has 0 spiro atoms. The van der Waals surface area contributed by atoms with Crippen LogP contribution in [0.3, 0.4) is 0 Å². The summed E-state index contributed by atoms with van der Waals surface area (Å²) in [6, 6.07) is 7.09. The summed E-state index contributed by atoms with van der Waals surface area (Å²) in [5.74, 6) is 1.35. The van der Waals surface area contributed by atoms with Gasteiger partial charge >= 0.3 is 0 Å². The van der Waals surface area contributed by atoms with E-state index in [1.807, 2.05) is 6.07 Å². The Balaban J connectivity index is 2.56. The van der Waals surface area contributed by atoms with E-state index in [2.05, 4.69) is 4.98 Å². The summed E-state index contributed by atoms with van der Waals surface area (Å²) in [4.78, 5) is 14.9. The minimum Gasteiger partial charge on any atom is -0.496 e. The van der Waals surface area contributed by atoms with Crippen molar-refractivity contribution in [2.24, 2.45) is 0 Å². The fourth-order valence-corrected chi connectivity index (χ4v) is 1.70. The number of aldehydes is 1. The first-order chi connectivity index (χ1) is 8.78. The number of carbonyl (C=O) groups excluding carboxylic acids is 1. The molecule has 1 aromatic carbocycles. The maximum Gasteiger partial charge on any atom is 0.150 e. The second-order valence-electron chi connectivity index (χ2n) is 3.69. The molecule has 0 saturated heterocycles. The van der Waals surface area contributed by atoms with Gasteiger partial charge in [0.05, 0.1) is 20.4 Å². The average Bonchev–Trinajstić information content (AvgIpc) is 2.46. The molecule has 0 fully saturated rings. The highest BCUT2D eigenvalue weighted by atomic mass is 16.5. The maximum absolute atomic E-state index is 10.8. The molecule has 2 aromatic rings. The van der Waals surface area contributed by atoms with Crippen LogP contribution < -0.4 is 9.47 Å². The third kappa shape index (κ3) is 2.32. The molecule has 4 heteroatoms. The first kappa shape index (κ1) is 12.1. The Bertz CT molecular complexity index is 567. The molecule has 18 heavy (non-hydrogen) atoms. The summed E-state index contributed by atoms with van der Waals surface area (Å²) < 4.78 is 10.4. The number of ether oxygens (including phenoxy) is 2. The minimum atomic E-state index is 0.591. The molecule has 0 amide bonds. The molecule has 0 atom stereocenters. The monoisotopic (exact) mass is 243 g/mol. The largest absolute Gasteiger partial charge is 0.496 e. The lowest BCUT2D eigenvalue weighted by molar-refractivity contribution is 0.112. The van der Waals surface area contributed by atoms with Gasteiger partial charge in [0.1, 0.15) is 17.8 Å². The lowest BCUT2D eigenvalue weighted by Crippen LogP contribution is -1.92. The van der Waals surface area contributed by atoms with Crippen LogP contribution in [0.25, 0.3) is 11.1 Å². The predicted octanol–water partition coefficient (Wildman–Crippen LogP) is 2.58. The average molecular weight is 243 g/mol. The van der Waals surface area contributed by atoms with E-state index in [9.17, 15) is 4.79 Å². The summed E-state index contributed by atoms with van der Waals surface area (Å²) in [6.45, 7) is 0. The van der Waals surface area contributed by atoms with Gasteiger partial charge in [-0.1, -0.05) is 0 Å². The Hall–Kier alpha value is -2.36. The Morgan fingerprint density at radius 2 is 1.94 bits per heavy atom. The van der Waals surface area contributed by atoms with Gasteiger partial charge in [-0.25, -0.2) is 0 Å².